The molecule has 2 aromatic rings. The van der Waals surface area contributed by atoms with Crippen molar-refractivity contribution in [1.82, 2.24) is 9.97 Å². The lowest BCUT2D eigenvalue weighted by Crippen LogP contribution is -2.13. The van der Waals surface area contributed by atoms with Crippen LogP contribution in [0.4, 0.5) is 5.69 Å². The van der Waals surface area contributed by atoms with Crippen LogP contribution in [0.5, 0.6) is 0 Å². The largest absolute Gasteiger partial charge is 0.321 e. The molecule has 0 spiro atoms. The molecule has 1 amide bonds. The predicted molar refractivity (Wildman–Crippen MR) is 66.4 cm³/mol. The van der Waals surface area contributed by atoms with Crippen molar-refractivity contribution in [3.8, 4) is 0 Å². The summed E-state index contributed by atoms with van der Waals surface area (Å²) < 4.78 is 0. The van der Waals surface area contributed by atoms with Crippen molar-refractivity contribution < 1.29 is 4.79 Å². The van der Waals surface area contributed by atoms with Crippen molar-refractivity contribution in [3.63, 3.8) is 0 Å². The highest BCUT2D eigenvalue weighted by Crippen LogP contribution is 2.22. The number of amides is 1. The molecule has 0 bridgehead atoms. The molecule has 0 aliphatic heterocycles. The molecule has 1 heterocycles. The molecule has 1 aromatic carbocycles. The average molecular weight is 268 g/mol. The van der Waals surface area contributed by atoms with Gasteiger partial charge in [-0.3, -0.25) is 4.79 Å². The van der Waals surface area contributed by atoms with Gasteiger partial charge in [-0.15, -0.1) is 0 Å². The second-order valence-corrected chi connectivity index (χ2v) is 4.08. The molecule has 0 saturated carbocycles. The van der Waals surface area contributed by atoms with Crippen molar-refractivity contribution in [2.24, 2.45) is 0 Å². The SMILES string of the molecule is O=C(Nc1cc(Cl)cc(Cl)c1)c1ccncn1. The molecular weight excluding hydrogens is 261 g/mol. The molecule has 0 radical (unpaired) electrons. The maximum absolute atomic E-state index is 11.7. The van der Waals surface area contributed by atoms with Crippen molar-refractivity contribution >= 4 is 34.8 Å². The lowest BCUT2D eigenvalue weighted by atomic mass is 10.3. The van der Waals surface area contributed by atoms with Crippen molar-refractivity contribution in [1.29, 1.82) is 0 Å². The first-order chi connectivity index (χ1) is 8.15. The van der Waals surface area contributed by atoms with E-state index in [9.17, 15) is 4.79 Å². The normalized spacial score (nSPS) is 10.0. The van der Waals surface area contributed by atoms with Crippen molar-refractivity contribution in [3.05, 3.63) is 52.5 Å². The smallest absolute Gasteiger partial charge is 0.274 e. The van der Waals surface area contributed by atoms with E-state index in [0.717, 1.165) is 0 Å². The zero-order valence-corrected chi connectivity index (χ0v) is 10.0. The van der Waals surface area contributed by atoms with E-state index in [1.54, 1.807) is 18.2 Å². The fraction of sp³-hybridized carbons (Fsp3) is 0. The Kier molecular flexibility index (Phi) is 3.56. The first-order valence-corrected chi connectivity index (χ1v) is 5.44. The molecule has 0 atom stereocenters. The molecule has 0 unspecified atom stereocenters. The monoisotopic (exact) mass is 267 g/mol. The minimum Gasteiger partial charge on any atom is -0.321 e. The van der Waals surface area contributed by atoms with Gasteiger partial charge in [-0.05, 0) is 24.3 Å². The first-order valence-electron chi connectivity index (χ1n) is 4.68. The van der Waals surface area contributed by atoms with E-state index >= 15 is 0 Å². The topological polar surface area (TPSA) is 54.9 Å². The Morgan fingerprint density at radius 2 is 1.88 bits per heavy atom. The van der Waals surface area contributed by atoms with Crippen LogP contribution in [-0.4, -0.2) is 15.9 Å². The Bertz CT molecular complexity index is 525. The van der Waals surface area contributed by atoms with E-state index in [1.165, 1.54) is 18.6 Å². The van der Waals surface area contributed by atoms with Gasteiger partial charge in [0.15, 0.2) is 0 Å². The standard InChI is InChI=1S/C11H7Cl2N3O/c12-7-3-8(13)5-9(4-7)16-11(17)10-1-2-14-6-15-10/h1-6H,(H,16,17). The summed E-state index contributed by atoms with van der Waals surface area (Å²) in [7, 11) is 0. The second kappa shape index (κ2) is 5.12. The van der Waals surface area contributed by atoms with Gasteiger partial charge >= 0.3 is 0 Å². The number of hydrogen-bond acceptors (Lipinski definition) is 3. The number of hydrogen-bond donors (Lipinski definition) is 1. The van der Waals surface area contributed by atoms with E-state index < -0.39 is 0 Å². The minimum absolute atomic E-state index is 0.274. The summed E-state index contributed by atoms with van der Waals surface area (Å²) in [6.07, 6.45) is 2.80. The number of benzene rings is 1. The van der Waals surface area contributed by atoms with Crippen LogP contribution >= 0.6 is 23.2 Å². The van der Waals surface area contributed by atoms with E-state index in [4.69, 9.17) is 23.2 Å². The molecule has 1 N–H and O–H groups in total. The van der Waals surface area contributed by atoms with E-state index in [1.807, 2.05) is 0 Å². The number of carbonyl (C=O) groups excluding carboxylic acids is 1. The van der Waals surface area contributed by atoms with Crippen LogP contribution < -0.4 is 5.32 Å². The molecule has 0 aliphatic rings. The number of halogens is 2. The maximum Gasteiger partial charge on any atom is 0.274 e. The molecule has 0 aliphatic carbocycles. The minimum atomic E-state index is -0.342. The lowest BCUT2D eigenvalue weighted by Gasteiger charge is -2.05. The van der Waals surface area contributed by atoms with Gasteiger partial charge < -0.3 is 5.32 Å². The molecule has 4 nitrogen and oxygen atoms in total. The highest BCUT2D eigenvalue weighted by Gasteiger charge is 2.07. The molecule has 1 aromatic heterocycles. The van der Waals surface area contributed by atoms with Gasteiger partial charge in [-0.25, -0.2) is 9.97 Å². The van der Waals surface area contributed by atoms with Crippen molar-refractivity contribution in [2.45, 2.75) is 0 Å². The Balaban J connectivity index is 2.19. The fourth-order valence-corrected chi connectivity index (χ4v) is 1.77. The lowest BCUT2D eigenvalue weighted by molar-refractivity contribution is 0.102. The first kappa shape index (κ1) is 11.8. The van der Waals surface area contributed by atoms with Gasteiger partial charge in [0, 0.05) is 21.9 Å². The zero-order valence-electron chi connectivity index (χ0n) is 8.52. The molecule has 17 heavy (non-hydrogen) atoms. The van der Waals surface area contributed by atoms with Gasteiger partial charge in [0.2, 0.25) is 0 Å². The third kappa shape index (κ3) is 3.15. The number of nitrogens with one attached hydrogen (secondary N) is 1. The van der Waals surface area contributed by atoms with Crippen LogP contribution in [0.3, 0.4) is 0 Å². The second-order valence-electron chi connectivity index (χ2n) is 3.21. The highest BCUT2D eigenvalue weighted by molar-refractivity contribution is 6.35. The predicted octanol–water partition coefficient (Wildman–Crippen LogP) is 3.04. The van der Waals surface area contributed by atoms with Crippen LogP contribution in [0.2, 0.25) is 10.0 Å². The zero-order chi connectivity index (χ0) is 12.3. The summed E-state index contributed by atoms with van der Waals surface area (Å²) in [5, 5.41) is 3.55. The number of aromatic nitrogens is 2. The van der Waals surface area contributed by atoms with E-state index in [0.29, 0.717) is 15.7 Å². The number of nitrogens with zero attached hydrogens (tertiary/aromatic N) is 2. The van der Waals surface area contributed by atoms with Gasteiger partial charge in [0.05, 0.1) is 0 Å². The Morgan fingerprint density at radius 3 is 2.47 bits per heavy atom. The van der Waals surface area contributed by atoms with Gasteiger partial charge in [-0.2, -0.15) is 0 Å². The van der Waals surface area contributed by atoms with Gasteiger partial charge in [0.1, 0.15) is 12.0 Å². The molecular formula is C11H7Cl2N3O. The van der Waals surface area contributed by atoms with Gasteiger partial charge in [-0.1, -0.05) is 23.2 Å². The third-order valence-electron chi connectivity index (χ3n) is 1.94. The summed E-state index contributed by atoms with van der Waals surface area (Å²) >= 11 is 11.6. The average Bonchev–Trinajstić information content (AvgIpc) is 2.28. The third-order valence-corrected chi connectivity index (χ3v) is 2.37. The maximum atomic E-state index is 11.7. The molecule has 2 rings (SSSR count). The van der Waals surface area contributed by atoms with Crippen LogP contribution in [0.1, 0.15) is 10.5 Å². The van der Waals surface area contributed by atoms with Crippen LogP contribution in [0.15, 0.2) is 36.8 Å². The van der Waals surface area contributed by atoms with Crippen LogP contribution in [-0.2, 0) is 0 Å². The summed E-state index contributed by atoms with van der Waals surface area (Å²) in [5.74, 6) is -0.342. The fourth-order valence-electron chi connectivity index (χ4n) is 1.25. The van der Waals surface area contributed by atoms with E-state index in [-0.39, 0.29) is 11.6 Å². The molecule has 6 heteroatoms. The number of rotatable bonds is 2. The summed E-state index contributed by atoms with van der Waals surface area (Å²) in [4.78, 5) is 19.3. The van der Waals surface area contributed by atoms with Crippen LogP contribution in [0, 0.1) is 0 Å². The Labute approximate surface area is 108 Å². The van der Waals surface area contributed by atoms with Gasteiger partial charge in [0.25, 0.3) is 5.91 Å². The van der Waals surface area contributed by atoms with Crippen molar-refractivity contribution in [2.75, 3.05) is 5.32 Å². The summed E-state index contributed by atoms with van der Waals surface area (Å²) in [5.41, 5.74) is 0.794. The van der Waals surface area contributed by atoms with Crippen LogP contribution in [0.25, 0.3) is 0 Å². The quantitative estimate of drug-likeness (QED) is 0.910. The highest BCUT2D eigenvalue weighted by atomic mass is 35.5. The number of anilines is 1. The Morgan fingerprint density at radius 1 is 1.18 bits per heavy atom. The summed E-state index contributed by atoms with van der Waals surface area (Å²) in [6, 6.07) is 6.31. The molecule has 0 saturated heterocycles. The molecule has 86 valence electrons. The summed E-state index contributed by atoms with van der Waals surface area (Å²) in [6.45, 7) is 0. The van der Waals surface area contributed by atoms with E-state index in [2.05, 4.69) is 15.3 Å². The Hall–Kier alpha value is -1.65. The number of carbonyl (C=O) groups is 1. The molecule has 0 fully saturated rings.